The van der Waals surface area contributed by atoms with E-state index in [4.69, 9.17) is 4.74 Å². The maximum absolute atomic E-state index is 11.7. The summed E-state index contributed by atoms with van der Waals surface area (Å²) in [5, 5.41) is 0. The number of hydrogen-bond donors (Lipinski definition) is 0. The Bertz CT molecular complexity index is 288. The van der Waals surface area contributed by atoms with Crippen LogP contribution in [0.3, 0.4) is 0 Å². The van der Waals surface area contributed by atoms with Gasteiger partial charge in [0, 0.05) is 6.42 Å². The molecule has 1 atom stereocenters. The van der Waals surface area contributed by atoms with Crippen LogP contribution in [0.1, 0.15) is 136 Å². The molecule has 0 bridgehead atoms. The van der Waals surface area contributed by atoms with Crippen molar-refractivity contribution in [1.82, 2.24) is 0 Å². The molecule has 0 aliphatic heterocycles. The molecule has 0 amide bonds. The third-order valence-corrected chi connectivity index (χ3v) is 5.29. The highest BCUT2D eigenvalue weighted by Crippen LogP contribution is 2.14. The van der Waals surface area contributed by atoms with Crippen molar-refractivity contribution in [2.45, 2.75) is 136 Å². The summed E-state index contributed by atoms with van der Waals surface area (Å²) in [5.41, 5.74) is 0. The van der Waals surface area contributed by atoms with Gasteiger partial charge in [-0.05, 0) is 18.8 Å². The Kier molecular flexibility index (Phi) is 20.4. The van der Waals surface area contributed by atoms with Crippen molar-refractivity contribution in [2.24, 2.45) is 5.92 Å². The van der Waals surface area contributed by atoms with Crippen molar-refractivity contribution < 1.29 is 9.53 Å². The van der Waals surface area contributed by atoms with E-state index in [-0.39, 0.29) is 5.97 Å². The molecule has 2 heteroatoms. The molecule has 0 heterocycles. The first kappa shape index (κ1) is 25.5. The van der Waals surface area contributed by atoms with Gasteiger partial charge in [0.2, 0.25) is 0 Å². The molecule has 0 aliphatic carbocycles. The highest BCUT2D eigenvalue weighted by Gasteiger charge is 2.06. The average Bonchev–Trinajstić information content (AvgIpc) is 2.63. The molecule has 1 unspecified atom stereocenters. The van der Waals surface area contributed by atoms with Crippen molar-refractivity contribution in [2.75, 3.05) is 6.61 Å². The summed E-state index contributed by atoms with van der Waals surface area (Å²) >= 11 is 0. The van der Waals surface area contributed by atoms with Crippen LogP contribution in [0, 0.1) is 5.92 Å². The second kappa shape index (κ2) is 20.8. The topological polar surface area (TPSA) is 26.3 Å². The summed E-state index contributed by atoms with van der Waals surface area (Å²) in [6, 6.07) is 0. The largest absolute Gasteiger partial charge is 0.465 e. The molecular weight excluding hydrogens is 320 g/mol. The van der Waals surface area contributed by atoms with E-state index >= 15 is 0 Å². The molecule has 0 aliphatic rings. The van der Waals surface area contributed by atoms with Crippen molar-refractivity contribution >= 4 is 5.97 Å². The molecule has 0 rings (SSSR count). The lowest BCUT2D eigenvalue weighted by molar-refractivity contribution is -0.145. The van der Waals surface area contributed by atoms with Gasteiger partial charge >= 0.3 is 5.97 Å². The van der Waals surface area contributed by atoms with E-state index in [9.17, 15) is 4.79 Å². The second-order valence-electron chi connectivity index (χ2n) is 8.28. The maximum atomic E-state index is 11.7. The van der Waals surface area contributed by atoms with Crippen molar-refractivity contribution in [3.63, 3.8) is 0 Å². The number of hydrogen-bond acceptors (Lipinski definition) is 2. The van der Waals surface area contributed by atoms with E-state index in [2.05, 4.69) is 20.8 Å². The standard InChI is InChI=1S/C24H48O2/c1-4-6-7-8-9-10-11-12-13-14-15-16-17-18-19-21-24(25)26-22-23(3)20-5-2/h23H,4-22H2,1-3H3. The summed E-state index contributed by atoms with van der Waals surface area (Å²) in [7, 11) is 0. The number of ether oxygens (including phenoxy) is 1. The minimum atomic E-state index is 0.00245. The zero-order valence-electron chi connectivity index (χ0n) is 18.3. The van der Waals surface area contributed by atoms with Gasteiger partial charge in [-0.1, -0.05) is 117 Å². The Morgan fingerprint density at radius 3 is 1.50 bits per heavy atom. The van der Waals surface area contributed by atoms with Crippen LogP contribution in [-0.2, 0) is 9.53 Å². The first-order valence-electron chi connectivity index (χ1n) is 11.9. The van der Waals surface area contributed by atoms with Crippen LogP contribution in [0.15, 0.2) is 0 Å². The zero-order valence-corrected chi connectivity index (χ0v) is 18.3. The van der Waals surface area contributed by atoms with Crippen molar-refractivity contribution in [1.29, 1.82) is 0 Å². The van der Waals surface area contributed by atoms with Crippen LogP contribution >= 0.6 is 0 Å². The second-order valence-corrected chi connectivity index (χ2v) is 8.28. The lowest BCUT2D eigenvalue weighted by Crippen LogP contribution is -2.11. The average molecular weight is 369 g/mol. The summed E-state index contributed by atoms with van der Waals surface area (Å²) in [6.07, 6.45) is 23.3. The minimum Gasteiger partial charge on any atom is -0.465 e. The number of esters is 1. The highest BCUT2D eigenvalue weighted by molar-refractivity contribution is 5.69. The van der Waals surface area contributed by atoms with E-state index < -0.39 is 0 Å². The van der Waals surface area contributed by atoms with Crippen molar-refractivity contribution in [3.05, 3.63) is 0 Å². The molecule has 0 aromatic carbocycles. The summed E-state index contributed by atoms with van der Waals surface area (Å²) in [4.78, 5) is 11.7. The number of carbonyl (C=O) groups is 1. The van der Waals surface area contributed by atoms with Gasteiger partial charge in [0.05, 0.1) is 6.61 Å². The molecule has 0 aromatic rings. The van der Waals surface area contributed by atoms with Gasteiger partial charge in [-0.3, -0.25) is 4.79 Å². The third-order valence-electron chi connectivity index (χ3n) is 5.29. The smallest absolute Gasteiger partial charge is 0.305 e. The molecule has 0 radical (unpaired) electrons. The van der Waals surface area contributed by atoms with Gasteiger partial charge in [-0.2, -0.15) is 0 Å². The van der Waals surface area contributed by atoms with Crippen LogP contribution in [0.25, 0.3) is 0 Å². The molecule has 0 N–H and O–H groups in total. The van der Waals surface area contributed by atoms with Gasteiger partial charge in [0.25, 0.3) is 0 Å². The van der Waals surface area contributed by atoms with Gasteiger partial charge < -0.3 is 4.74 Å². The van der Waals surface area contributed by atoms with Crippen LogP contribution in [0.2, 0.25) is 0 Å². The minimum absolute atomic E-state index is 0.00245. The quantitative estimate of drug-likeness (QED) is 0.160. The van der Waals surface area contributed by atoms with E-state index in [1.54, 1.807) is 0 Å². The van der Waals surface area contributed by atoms with Crippen molar-refractivity contribution in [3.8, 4) is 0 Å². The Hall–Kier alpha value is -0.530. The Balaban J connectivity index is 3.16. The fourth-order valence-corrected chi connectivity index (χ4v) is 3.52. The summed E-state index contributed by atoms with van der Waals surface area (Å²) in [6.45, 7) is 7.22. The molecule has 156 valence electrons. The predicted molar refractivity (Wildman–Crippen MR) is 115 cm³/mol. The molecule has 0 fully saturated rings. The first-order valence-corrected chi connectivity index (χ1v) is 11.9. The molecule has 2 nitrogen and oxygen atoms in total. The monoisotopic (exact) mass is 368 g/mol. The fraction of sp³-hybridized carbons (Fsp3) is 0.958. The Morgan fingerprint density at radius 2 is 1.08 bits per heavy atom. The van der Waals surface area contributed by atoms with Crippen LogP contribution < -0.4 is 0 Å². The fourth-order valence-electron chi connectivity index (χ4n) is 3.52. The zero-order chi connectivity index (χ0) is 19.3. The van der Waals surface area contributed by atoms with Crippen LogP contribution in [0.5, 0.6) is 0 Å². The lowest BCUT2D eigenvalue weighted by Gasteiger charge is -2.10. The number of unbranched alkanes of at least 4 members (excludes halogenated alkanes) is 14. The van der Waals surface area contributed by atoms with Gasteiger partial charge in [-0.15, -0.1) is 0 Å². The first-order chi connectivity index (χ1) is 12.7. The van der Waals surface area contributed by atoms with E-state index in [0.29, 0.717) is 18.9 Å². The number of rotatable bonds is 20. The van der Waals surface area contributed by atoms with Gasteiger partial charge in [0.1, 0.15) is 0 Å². The molecule has 0 saturated heterocycles. The lowest BCUT2D eigenvalue weighted by atomic mass is 10.0. The van der Waals surface area contributed by atoms with E-state index in [0.717, 1.165) is 19.3 Å². The predicted octanol–water partition coefficient (Wildman–Crippen LogP) is 8.23. The molecule has 0 aromatic heterocycles. The summed E-state index contributed by atoms with van der Waals surface area (Å²) < 4.78 is 5.34. The Morgan fingerprint density at radius 1 is 0.654 bits per heavy atom. The SMILES string of the molecule is CCCCCCCCCCCCCCCCCC(=O)OCC(C)CCC. The summed E-state index contributed by atoms with van der Waals surface area (Å²) in [5.74, 6) is 0.507. The molecule has 0 spiro atoms. The number of carbonyl (C=O) groups excluding carboxylic acids is 1. The van der Waals surface area contributed by atoms with Crippen LogP contribution in [-0.4, -0.2) is 12.6 Å². The van der Waals surface area contributed by atoms with E-state index in [1.807, 2.05) is 0 Å². The van der Waals surface area contributed by atoms with Gasteiger partial charge in [-0.25, -0.2) is 0 Å². The Labute approximate surface area is 164 Å². The third kappa shape index (κ3) is 19.8. The molecule has 26 heavy (non-hydrogen) atoms. The molecular formula is C24H48O2. The maximum Gasteiger partial charge on any atom is 0.305 e. The van der Waals surface area contributed by atoms with E-state index in [1.165, 1.54) is 89.9 Å². The molecule has 0 saturated carbocycles. The highest BCUT2D eigenvalue weighted by atomic mass is 16.5. The van der Waals surface area contributed by atoms with Crippen LogP contribution in [0.4, 0.5) is 0 Å². The van der Waals surface area contributed by atoms with Gasteiger partial charge in [0.15, 0.2) is 0 Å². The normalized spacial score (nSPS) is 12.3.